The Hall–Kier alpha value is -1.80. The number of methoxy groups -OCH3 is 2. The summed E-state index contributed by atoms with van der Waals surface area (Å²) in [6.07, 6.45) is 5.18. The van der Waals surface area contributed by atoms with Crippen molar-refractivity contribution < 1.29 is 14.6 Å². The first-order chi connectivity index (χ1) is 7.03. The van der Waals surface area contributed by atoms with E-state index >= 15 is 0 Å². The fraction of sp³-hybridized carbons (Fsp3) is 0.400. The maximum atomic E-state index is 9.80. The Morgan fingerprint density at radius 3 is 2.53 bits per heavy atom. The number of hydrogen-bond acceptors (Lipinski definition) is 5. The standard InChI is InChI=1S/C10H12N2O3/c1-5-10(2,13)7-6-8(14-3)12-9(11-7)15-4/h1,6,13H,2-4H3/t10-/m0/s1. The zero-order valence-electron chi connectivity index (χ0n) is 8.81. The molecule has 5 nitrogen and oxygen atoms in total. The molecule has 0 aliphatic heterocycles. The summed E-state index contributed by atoms with van der Waals surface area (Å²) >= 11 is 0. The van der Waals surface area contributed by atoms with Crippen molar-refractivity contribution in [3.63, 3.8) is 0 Å². The van der Waals surface area contributed by atoms with Gasteiger partial charge in [0.1, 0.15) is 0 Å². The van der Waals surface area contributed by atoms with Crippen LogP contribution in [0, 0.1) is 12.3 Å². The van der Waals surface area contributed by atoms with Gasteiger partial charge in [0.25, 0.3) is 0 Å². The largest absolute Gasteiger partial charge is 0.481 e. The second kappa shape index (κ2) is 4.15. The van der Waals surface area contributed by atoms with Crippen molar-refractivity contribution in [1.82, 2.24) is 9.97 Å². The van der Waals surface area contributed by atoms with Crippen LogP contribution < -0.4 is 9.47 Å². The van der Waals surface area contributed by atoms with E-state index in [1.807, 2.05) is 0 Å². The highest BCUT2D eigenvalue weighted by Gasteiger charge is 2.23. The summed E-state index contributed by atoms with van der Waals surface area (Å²) in [7, 11) is 2.87. The van der Waals surface area contributed by atoms with E-state index < -0.39 is 5.60 Å². The molecule has 0 spiro atoms. The van der Waals surface area contributed by atoms with Crippen LogP contribution in [-0.2, 0) is 5.60 Å². The van der Waals surface area contributed by atoms with Crippen LogP contribution in [0.3, 0.4) is 0 Å². The highest BCUT2D eigenvalue weighted by Crippen LogP contribution is 2.22. The molecule has 0 fully saturated rings. The minimum atomic E-state index is -1.47. The zero-order chi connectivity index (χ0) is 11.5. The average molecular weight is 208 g/mol. The molecule has 0 aliphatic rings. The highest BCUT2D eigenvalue weighted by atomic mass is 16.5. The van der Waals surface area contributed by atoms with E-state index in [-0.39, 0.29) is 17.6 Å². The Morgan fingerprint density at radius 1 is 1.40 bits per heavy atom. The van der Waals surface area contributed by atoms with E-state index in [2.05, 4.69) is 15.9 Å². The van der Waals surface area contributed by atoms with Gasteiger partial charge in [-0.1, -0.05) is 5.92 Å². The summed E-state index contributed by atoms with van der Waals surface area (Å²) in [5.74, 6) is 2.50. The van der Waals surface area contributed by atoms with Crippen LogP contribution >= 0.6 is 0 Å². The van der Waals surface area contributed by atoms with Gasteiger partial charge < -0.3 is 14.6 Å². The SMILES string of the molecule is C#C[C@](C)(O)c1cc(OC)nc(OC)n1. The molecule has 1 atom stereocenters. The fourth-order valence-electron chi connectivity index (χ4n) is 0.923. The number of terminal acetylenes is 1. The van der Waals surface area contributed by atoms with E-state index in [0.29, 0.717) is 0 Å². The second-order valence-electron chi connectivity index (χ2n) is 3.00. The monoisotopic (exact) mass is 208 g/mol. The second-order valence-corrected chi connectivity index (χ2v) is 3.00. The molecule has 1 heterocycles. The summed E-state index contributed by atoms with van der Waals surface area (Å²) in [5, 5.41) is 9.80. The van der Waals surface area contributed by atoms with Gasteiger partial charge in [-0.25, -0.2) is 0 Å². The van der Waals surface area contributed by atoms with Crippen LogP contribution in [-0.4, -0.2) is 29.3 Å². The van der Waals surface area contributed by atoms with E-state index in [9.17, 15) is 5.11 Å². The quantitative estimate of drug-likeness (QED) is 0.725. The predicted octanol–water partition coefficient (Wildman–Crippen LogP) is 0.334. The lowest BCUT2D eigenvalue weighted by atomic mass is 10.0. The van der Waals surface area contributed by atoms with Gasteiger partial charge in [0.05, 0.1) is 19.9 Å². The van der Waals surface area contributed by atoms with E-state index in [4.69, 9.17) is 15.9 Å². The van der Waals surface area contributed by atoms with Gasteiger partial charge in [-0.05, 0) is 6.92 Å². The normalized spacial score (nSPS) is 13.8. The molecule has 0 unspecified atom stereocenters. The van der Waals surface area contributed by atoms with Crippen molar-refractivity contribution in [2.75, 3.05) is 14.2 Å². The predicted molar refractivity (Wildman–Crippen MR) is 53.5 cm³/mol. The van der Waals surface area contributed by atoms with Crippen molar-refractivity contribution >= 4 is 0 Å². The lowest BCUT2D eigenvalue weighted by Gasteiger charge is -2.16. The Kier molecular flexibility index (Phi) is 3.12. The Bertz CT molecular complexity index is 374. The third-order valence-corrected chi connectivity index (χ3v) is 1.85. The van der Waals surface area contributed by atoms with Gasteiger partial charge in [0, 0.05) is 6.07 Å². The summed E-state index contributed by atoms with van der Waals surface area (Å²) < 4.78 is 9.78. The first kappa shape index (κ1) is 11.3. The van der Waals surface area contributed by atoms with E-state index in [1.165, 1.54) is 27.2 Å². The molecule has 1 N–H and O–H groups in total. The van der Waals surface area contributed by atoms with Crippen LogP contribution in [0.25, 0.3) is 0 Å². The molecule has 80 valence electrons. The third kappa shape index (κ3) is 2.36. The molecule has 0 saturated carbocycles. The zero-order valence-corrected chi connectivity index (χ0v) is 8.81. The molecule has 15 heavy (non-hydrogen) atoms. The number of aromatic nitrogens is 2. The molecule has 0 aliphatic carbocycles. The summed E-state index contributed by atoms with van der Waals surface area (Å²) in [5.41, 5.74) is -1.21. The van der Waals surface area contributed by atoms with Crippen molar-refractivity contribution in [3.8, 4) is 24.2 Å². The summed E-state index contributed by atoms with van der Waals surface area (Å²) in [6, 6.07) is 1.56. The number of rotatable bonds is 3. The number of nitrogens with zero attached hydrogens (tertiary/aromatic N) is 2. The van der Waals surface area contributed by atoms with Crippen molar-refractivity contribution in [3.05, 3.63) is 11.8 Å². The first-order valence-electron chi connectivity index (χ1n) is 4.21. The maximum absolute atomic E-state index is 9.80. The molecule has 1 aromatic heterocycles. The van der Waals surface area contributed by atoms with Gasteiger partial charge in [0.2, 0.25) is 5.88 Å². The van der Waals surface area contributed by atoms with Crippen molar-refractivity contribution in [2.45, 2.75) is 12.5 Å². The lowest BCUT2D eigenvalue weighted by molar-refractivity contribution is 0.115. The summed E-state index contributed by atoms with van der Waals surface area (Å²) in [4.78, 5) is 7.82. The van der Waals surface area contributed by atoms with Crippen LogP contribution in [0.5, 0.6) is 11.9 Å². The Labute approximate surface area is 88.1 Å². The minimum absolute atomic E-state index is 0.0971. The molecule has 1 aromatic rings. The van der Waals surface area contributed by atoms with Crippen LogP contribution in [0.4, 0.5) is 0 Å². The van der Waals surface area contributed by atoms with Crippen molar-refractivity contribution in [1.29, 1.82) is 0 Å². The molecular formula is C10H12N2O3. The van der Waals surface area contributed by atoms with E-state index in [1.54, 1.807) is 0 Å². The minimum Gasteiger partial charge on any atom is -0.481 e. The van der Waals surface area contributed by atoms with Gasteiger partial charge in [0.15, 0.2) is 5.60 Å². The lowest BCUT2D eigenvalue weighted by Crippen LogP contribution is -2.20. The van der Waals surface area contributed by atoms with Crippen LogP contribution in [0.2, 0.25) is 0 Å². The van der Waals surface area contributed by atoms with Crippen LogP contribution in [0.1, 0.15) is 12.6 Å². The molecular weight excluding hydrogens is 196 g/mol. The molecule has 0 amide bonds. The summed E-state index contributed by atoms with van der Waals surface area (Å²) in [6.45, 7) is 1.45. The molecule has 0 saturated heterocycles. The maximum Gasteiger partial charge on any atom is 0.319 e. The molecule has 1 rings (SSSR count). The van der Waals surface area contributed by atoms with Crippen LogP contribution in [0.15, 0.2) is 6.07 Å². The van der Waals surface area contributed by atoms with Gasteiger partial charge >= 0.3 is 6.01 Å². The molecule has 0 radical (unpaired) electrons. The van der Waals surface area contributed by atoms with E-state index in [0.717, 1.165) is 0 Å². The molecule has 0 bridgehead atoms. The van der Waals surface area contributed by atoms with Gasteiger partial charge in [-0.2, -0.15) is 9.97 Å². The van der Waals surface area contributed by atoms with Gasteiger partial charge in [-0.3, -0.25) is 0 Å². The first-order valence-corrected chi connectivity index (χ1v) is 4.21. The smallest absolute Gasteiger partial charge is 0.319 e. The highest BCUT2D eigenvalue weighted by molar-refractivity contribution is 5.28. The molecule has 0 aromatic carbocycles. The average Bonchev–Trinajstić information content (AvgIpc) is 2.28. The van der Waals surface area contributed by atoms with Crippen molar-refractivity contribution in [2.24, 2.45) is 0 Å². The Morgan fingerprint density at radius 2 is 2.07 bits per heavy atom. The number of hydrogen-bond donors (Lipinski definition) is 1. The van der Waals surface area contributed by atoms with Gasteiger partial charge in [-0.15, -0.1) is 6.42 Å². The third-order valence-electron chi connectivity index (χ3n) is 1.85. The fourth-order valence-corrected chi connectivity index (χ4v) is 0.923. The number of ether oxygens (including phenoxy) is 2. The Balaban J connectivity index is 3.25. The molecule has 5 heteroatoms. The number of aliphatic hydroxyl groups is 1. The topological polar surface area (TPSA) is 64.5 Å².